The van der Waals surface area contributed by atoms with Crippen molar-refractivity contribution in [2.24, 2.45) is 0 Å². The summed E-state index contributed by atoms with van der Waals surface area (Å²) in [6, 6.07) is 7.31. The fourth-order valence-electron chi connectivity index (χ4n) is 1.81. The molecule has 0 saturated carbocycles. The van der Waals surface area contributed by atoms with Gasteiger partial charge >= 0.3 is 0 Å². The second-order valence-electron chi connectivity index (χ2n) is 4.03. The maximum absolute atomic E-state index is 5.83. The zero-order chi connectivity index (χ0) is 12.4. The van der Waals surface area contributed by atoms with Crippen LogP contribution < -0.4 is 5.32 Å². The van der Waals surface area contributed by atoms with Crippen LogP contribution in [0.4, 0.5) is 0 Å². The van der Waals surface area contributed by atoms with Crippen LogP contribution in [0.3, 0.4) is 0 Å². The molecule has 1 aliphatic rings. The van der Waals surface area contributed by atoms with Crippen molar-refractivity contribution in [3.63, 3.8) is 0 Å². The topological polar surface area (TPSA) is 60.2 Å². The Labute approximate surface area is 109 Å². The van der Waals surface area contributed by atoms with Crippen LogP contribution in [0.1, 0.15) is 12.0 Å². The maximum Gasteiger partial charge on any atom is 0.257 e. The Morgan fingerprint density at radius 2 is 2.11 bits per heavy atom. The minimum atomic E-state index is -0.160. The van der Waals surface area contributed by atoms with E-state index >= 15 is 0 Å². The number of halogens is 1. The first kappa shape index (κ1) is 11.6. The van der Waals surface area contributed by atoms with E-state index in [2.05, 4.69) is 15.5 Å². The zero-order valence-corrected chi connectivity index (χ0v) is 10.4. The van der Waals surface area contributed by atoms with Crippen LogP contribution in [-0.2, 0) is 4.74 Å². The van der Waals surface area contributed by atoms with Gasteiger partial charge in [-0.15, -0.1) is 0 Å². The lowest BCUT2D eigenvalue weighted by Gasteiger charge is -2.19. The lowest BCUT2D eigenvalue weighted by molar-refractivity contribution is 0.00755. The monoisotopic (exact) mass is 265 g/mol. The Morgan fingerprint density at radius 3 is 2.83 bits per heavy atom. The molecule has 1 N–H and O–H groups in total. The Kier molecular flexibility index (Phi) is 3.27. The van der Waals surface area contributed by atoms with E-state index in [0.29, 0.717) is 29.9 Å². The molecule has 1 atom stereocenters. The lowest BCUT2D eigenvalue weighted by Crippen LogP contribution is -2.33. The summed E-state index contributed by atoms with van der Waals surface area (Å²) in [6.45, 7) is 2.21. The number of aromatic nitrogens is 2. The molecule has 1 saturated heterocycles. The van der Waals surface area contributed by atoms with Crippen molar-refractivity contribution < 1.29 is 9.26 Å². The lowest BCUT2D eigenvalue weighted by atomic mass is 10.2. The molecular weight excluding hydrogens is 254 g/mol. The summed E-state index contributed by atoms with van der Waals surface area (Å²) in [7, 11) is 0. The Bertz CT molecular complexity index is 520. The number of hydrogen-bond donors (Lipinski definition) is 1. The third-order valence-corrected chi connectivity index (χ3v) is 3.00. The van der Waals surface area contributed by atoms with E-state index in [1.165, 1.54) is 0 Å². The minimum Gasteiger partial charge on any atom is -0.366 e. The molecule has 0 aliphatic carbocycles. The van der Waals surface area contributed by atoms with Gasteiger partial charge in [0.15, 0.2) is 0 Å². The molecule has 1 unspecified atom stereocenters. The van der Waals surface area contributed by atoms with Gasteiger partial charge in [-0.2, -0.15) is 4.98 Å². The molecule has 1 aromatic heterocycles. The van der Waals surface area contributed by atoms with Gasteiger partial charge in [0.1, 0.15) is 6.10 Å². The molecule has 0 amide bonds. The standard InChI is InChI=1S/C12H12ClN3O2/c13-9-3-1-8(2-4-9)11-15-12(18-16-11)10-7-14-5-6-17-10/h1-4,10,14H,5-7H2. The van der Waals surface area contributed by atoms with Crippen molar-refractivity contribution in [2.45, 2.75) is 6.10 Å². The van der Waals surface area contributed by atoms with Crippen LogP contribution in [0.2, 0.25) is 5.02 Å². The van der Waals surface area contributed by atoms with Gasteiger partial charge in [0.05, 0.1) is 6.61 Å². The van der Waals surface area contributed by atoms with Gasteiger partial charge in [-0.3, -0.25) is 0 Å². The average molecular weight is 266 g/mol. The van der Waals surface area contributed by atoms with Crippen molar-refractivity contribution in [1.29, 1.82) is 0 Å². The highest BCUT2D eigenvalue weighted by Gasteiger charge is 2.22. The fraction of sp³-hybridized carbons (Fsp3) is 0.333. The fourth-order valence-corrected chi connectivity index (χ4v) is 1.93. The molecule has 3 rings (SSSR count). The SMILES string of the molecule is Clc1ccc(-c2noc(C3CNCCO3)n2)cc1. The quantitative estimate of drug-likeness (QED) is 0.901. The Morgan fingerprint density at radius 1 is 1.28 bits per heavy atom. The van der Waals surface area contributed by atoms with Gasteiger partial charge in [0.2, 0.25) is 5.82 Å². The van der Waals surface area contributed by atoms with E-state index < -0.39 is 0 Å². The van der Waals surface area contributed by atoms with Crippen LogP contribution in [0.15, 0.2) is 28.8 Å². The van der Waals surface area contributed by atoms with Crippen molar-refractivity contribution >= 4 is 11.6 Å². The summed E-state index contributed by atoms with van der Waals surface area (Å²) in [5.74, 6) is 1.06. The molecule has 1 fully saturated rings. The Balaban J connectivity index is 1.82. The molecule has 0 spiro atoms. The van der Waals surface area contributed by atoms with Crippen molar-refractivity contribution in [1.82, 2.24) is 15.5 Å². The highest BCUT2D eigenvalue weighted by Crippen LogP contribution is 2.22. The predicted molar refractivity (Wildman–Crippen MR) is 66.3 cm³/mol. The smallest absolute Gasteiger partial charge is 0.257 e. The van der Waals surface area contributed by atoms with Crippen LogP contribution >= 0.6 is 11.6 Å². The number of rotatable bonds is 2. The van der Waals surface area contributed by atoms with E-state index in [0.717, 1.165) is 12.1 Å². The van der Waals surface area contributed by atoms with Gasteiger partial charge in [-0.05, 0) is 24.3 Å². The number of nitrogens with zero attached hydrogens (tertiary/aromatic N) is 2. The van der Waals surface area contributed by atoms with Gasteiger partial charge in [0.25, 0.3) is 5.89 Å². The summed E-state index contributed by atoms with van der Waals surface area (Å²) in [5.41, 5.74) is 0.873. The number of morpholine rings is 1. The molecule has 2 heterocycles. The third kappa shape index (κ3) is 2.38. The number of nitrogens with one attached hydrogen (secondary N) is 1. The molecule has 6 heteroatoms. The zero-order valence-electron chi connectivity index (χ0n) is 9.60. The van der Waals surface area contributed by atoms with Gasteiger partial charge in [0, 0.05) is 23.7 Å². The summed E-state index contributed by atoms with van der Waals surface area (Å²) in [4.78, 5) is 4.35. The molecule has 5 nitrogen and oxygen atoms in total. The highest BCUT2D eigenvalue weighted by atomic mass is 35.5. The summed E-state index contributed by atoms with van der Waals surface area (Å²) in [6.07, 6.45) is -0.160. The number of hydrogen-bond acceptors (Lipinski definition) is 5. The third-order valence-electron chi connectivity index (χ3n) is 2.75. The van der Waals surface area contributed by atoms with Crippen molar-refractivity contribution in [2.75, 3.05) is 19.7 Å². The second-order valence-corrected chi connectivity index (χ2v) is 4.46. The van der Waals surface area contributed by atoms with E-state index in [1.807, 2.05) is 12.1 Å². The first-order valence-electron chi connectivity index (χ1n) is 5.75. The van der Waals surface area contributed by atoms with Crippen molar-refractivity contribution in [3.8, 4) is 11.4 Å². The number of benzene rings is 1. The van der Waals surface area contributed by atoms with Crippen LogP contribution in [0.25, 0.3) is 11.4 Å². The van der Waals surface area contributed by atoms with Gasteiger partial charge < -0.3 is 14.6 Å². The molecular formula is C12H12ClN3O2. The summed E-state index contributed by atoms with van der Waals surface area (Å²) >= 11 is 5.83. The minimum absolute atomic E-state index is 0.160. The second kappa shape index (κ2) is 5.06. The first-order valence-corrected chi connectivity index (χ1v) is 6.12. The van der Waals surface area contributed by atoms with E-state index in [1.54, 1.807) is 12.1 Å². The van der Waals surface area contributed by atoms with Crippen LogP contribution in [0.5, 0.6) is 0 Å². The van der Waals surface area contributed by atoms with Crippen LogP contribution in [-0.4, -0.2) is 29.8 Å². The van der Waals surface area contributed by atoms with E-state index in [-0.39, 0.29) is 6.10 Å². The largest absolute Gasteiger partial charge is 0.366 e. The van der Waals surface area contributed by atoms with Crippen LogP contribution in [0, 0.1) is 0 Å². The average Bonchev–Trinajstić information content (AvgIpc) is 2.90. The van der Waals surface area contributed by atoms with Crippen molar-refractivity contribution in [3.05, 3.63) is 35.2 Å². The number of ether oxygens (including phenoxy) is 1. The van der Waals surface area contributed by atoms with E-state index in [9.17, 15) is 0 Å². The molecule has 0 radical (unpaired) electrons. The Hall–Kier alpha value is -1.43. The molecule has 1 aromatic carbocycles. The molecule has 18 heavy (non-hydrogen) atoms. The summed E-state index contributed by atoms with van der Waals surface area (Å²) < 4.78 is 10.8. The molecule has 0 bridgehead atoms. The van der Waals surface area contributed by atoms with E-state index in [4.69, 9.17) is 20.9 Å². The molecule has 1 aliphatic heterocycles. The molecule has 94 valence electrons. The highest BCUT2D eigenvalue weighted by molar-refractivity contribution is 6.30. The normalized spacial score (nSPS) is 19.9. The summed E-state index contributed by atoms with van der Waals surface area (Å²) in [5, 5.41) is 7.86. The predicted octanol–water partition coefficient (Wildman–Crippen LogP) is 2.05. The first-order chi connectivity index (χ1) is 8.83. The maximum atomic E-state index is 5.83. The van der Waals surface area contributed by atoms with Gasteiger partial charge in [-0.1, -0.05) is 16.8 Å². The van der Waals surface area contributed by atoms with Gasteiger partial charge in [-0.25, -0.2) is 0 Å². The molecule has 2 aromatic rings.